The Morgan fingerprint density at radius 1 is 1.10 bits per heavy atom. The van der Waals surface area contributed by atoms with Crippen molar-refractivity contribution in [3.8, 4) is 0 Å². The van der Waals surface area contributed by atoms with Crippen LogP contribution in [0.1, 0.15) is 37.0 Å². The van der Waals surface area contributed by atoms with Crippen LogP contribution in [0.4, 0.5) is 10.1 Å². The lowest BCUT2D eigenvalue weighted by molar-refractivity contribution is 0.186. The number of anilines is 1. The number of hydrogen-bond acceptors (Lipinski definition) is 2. The molecule has 0 radical (unpaired) electrons. The summed E-state index contributed by atoms with van der Waals surface area (Å²) in [7, 11) is 0. The quantitative estimate of drug-likeness (QED) is 0.859. The molecule has 1 unspecified atom stereocenters. The predicted octanol–water partition coefficient (Wildman–Crippen LogP) is 4.09. The van der Waals surface area contributed by atoms with Crippen LogP contribution < -0.4 is 5.32 Å². The summed E-state index contributed by atoms with van der Waals surface area (Å²) in [6.07, 6.45) is -0.862. The van der Waals surface area contributed by atoms with Gasteiger partial charge in [-0.3, -0.25) is 0 Å². The van der Waals surface area contributed by atoms with Gasteiger partial charge >= 0.3 is 0 Å². The maximum absolute atomic E-state index is 13.5. The number of hydrogen-bond donors (Lipinski definition) is 2. The molecule has 2 nitrogen and oxygen atoms in total. The van der Waals surface area contributed by atoms with Crippen LogP contribution in [0.2, 0.25) is 0 Å². The van der Waals surface area contributed by atoms with Gasteiger partial charge in [0, 0.05) is 17.8 Å². The normalized spacial score (nSPS) is 12.4. The fourth-order valence-corrected chi connectivity index (χ4v) is 2.08. The van der Waals surface area contributed by atoms with Gasteiger partial charge in [-0.2, -0.15) is 0 Å². The second-order valence-corrected chi connectivity index (χ2v) is 5.20. The molecule has 0 aliphatic rings. The molecule has 106 valence electrons. The molecule has 2 aromatic carbocycles. The molecular weight excluding hydrogens is 253 g/mol. The molecule has 3 heteroatoms. The largest absolute Gasteiger partial charge is 0.386 e. The highest BCUT2D eigenvalue weighted by molar-refractivity contribution is 5.46. The van der Waals surface area contributed by atoms with Crippen LogP contribution in [0.25, 0.3) is 0 Å². The summed E-state index contributed by atoms with van der Waals surface area (Å²) in [6, 6.07) is 14.4. The van der Waals surface area contributed by atoms with Crippen LogP contribution in [0, 0.1) is 5.82 Å². The van der Waals surface area contributed by atoms with Gasteiger partial charge in [-0.25, -0.2) is 4.39 Å². The van der Waals surface area contributed by atoms with Crippen LogP contribution in [0.3, 0.4) is 0 Å². The van der Waals surface area contributed by atoms with Gasteiger partial charge in [0.05, 0.1) is 6.10 Å². The lowest BCUT2D eigenvalue weighted by Crippen LogP contribution is -2.13. The van der Waals surface area contributed by atoms with Gasteiger partial charge in [0.15, 0.2) is 0 Å². The maximum Gasteiger partial charge on any atom is 0.129 e. The Hall–Kier alpha value is -1.87. The highest BCUT2D eigenvalue weighted by Crippen LogP contribution is 2.20. The van der Waals surface area contributed by atoms with E-state index < -0.39 is 6.10 Å². The summed E-state index contributed by atoms with van der Waals surface area (Å²) >= 11 is 0. The van der Waals surface area contributed by atoms with E-state index in [1.165, 1.54) is 11.6 Å². The van der Waals surface area contributed by atoms with Crippen LogP contribution in [-0.2, 0) is 0 Å². The van der Waals surface area contributed by atoms with Crippen molar-refractivity contribution < 1.29 is 9.50 Å². The molecule has 0 fully saturated rings. The standard InChI is InChI=1S/C17H20FNO/c1-12(2)13-6-5-7-14(10-13)19-11-17(20)15-8-3-4-9-16(15)18/h3-10,12,17,19-20H,11H2,1-2H3. The molecule has 2 aromatic rings. The Balaban J connectivity index is 2.02. The van der Waals surface area contributed by atoms with Crippen molar-refractivity contribution in [2.45, 2.75) is 25.9 Å². The van der Waals surface area contributed by atoms with Gasteiger partial charge in [-0.1, -0.05) is 44.2 Å². The zero-order chi connectivity index (χ0) is 14.5. The first kappa shape index (κ1) is 14.5. The average molecular weight is 273 g/mol. The molecule has 2 rings (SSSR count). The van der Waals surface area contributed by atoms with Crippen molar-refractivity contribution in [3.05, 3.63) is 65.5 Å². The summed E-state index contributed by atoms with van der Waals surface area (Å²) in [5, 5.41) is 13.2. The van der Waals surface area contributed by atoms with E-state index in [9.17, 15) is 9.50 Å². The monoisotopic (exact) mass is 273 g/mol. The number of benzene rings is 2. The molecule has 0 saturated carbocycles. The van der Waals surface area contributed by atoms with E-state index in [1.807, 2.05) is 12.1 Å². The van der Waals surface area contributed by atoms with Crippen LogP contribution >= 0.6 is 0 Å². The van der Waals surface area contributed by atoms with Crippen molar-refractivity contribution >= 4 is 5.69 Å². The molecule has 1 atom stereocenters. The fourth-order valence-electron chi connectivity index (χ4n) is 2.08. The average Bonchev–Trinajstić information content (AvgIpc) is 2.45. The topological polar surface area (TPSA) is 32.3 Å². The second kappa shape index (κ2) is 6.53. The zero-order valence-electron chi connectivity index (χ0n) is 11.8. The second-order valence-electron chi connectivity index (χ2n) is 5.20. The Bertz CT molecular complexity index is 568. The van der Waals surface area contributed by atoms with Gasteiger partial charge in [0.1, 0.15) is 5.82 Å². The fraction of sp³-hybridized carbons (Fsp3) is 0.294. The van der Waals surface area contributed by atoms with Crippen LogP contribution in [-0.4, -0.2) is 11.7 Å². The molecule has 0 spiro atoms. The van der Waals surface area contributed by atoms with Crippen LogP contribution in [0.15, 0.2) is 48.5 Å². The van der Waals surface area contributed by atoms with Crippen molar-refractivity contribution in [2.24, 2.45) is 0 Å². The summed E-state index contributed by atoms with van der Waals surface area (Å²) in [4.78, 5) is 0. The van der Waals surface area contributed by atoms with Crippen molar-refractivity contribution in [3.63, 3.8) is 0 Å². The first-order valence-corrected chi connectivity index (χ1v) is 6.84. The molecular formula is C17H20FNO. The Morgan fingerprint density at radius 3 is 2.55 bits per heavy atom. The molecule has 20 heavy (non-hydrogen) atoms. The highest BCUT2D eigenvalue weighted by atomic mass is 19.1. The van der Waals surface area contributed by atoms with E-state index in [1.54, 1.807) is 18.2 Å². The molecule has 0 amide bonds. The summed E-state index contributed by atoms with van der Waals surface area (Å²) < 4.78 is 13.5. The van der Waals surface area contributed by atoms with Gasteiger partial charge in [0.2, 0.25) is 0 Å². The molecule has 0 aromatic heterocycles. The minimum absolute atomic E-state index is 0.280. The van der Waals surface area contributed by atoms with Crippen molar-refractivity contribution in [1.82, 2.24) is 0 Å². The first-order valence-electron chi connectivity index (χ1n) is 6.84. The van der Waals surface area contributed by atoms with E-state index in [-0.39, 0.29) is 12.4 Å². The zero-order valence-corrected chi connectivity index (χ0v) is 11.8. The summed E-state index contributed by atoms with van der Waals surface area (Å²) in [5.41, 5.74) is 2.49. The van der Waals surface area contributed by atoms with E-state index in [0.717, 1.165) is 5.69 Å². The smallest absolute Gasteiger partial charge is 0.129 e. The van der Waals surface area contributed by atoms with Crippen LogP contribution in [0.5, 0.6) is 0 Å². The van der Waals surface area contributed by atoms with E-state index in [4.69, 9.17) is 0 Å². The molecule has 0 aliphatic heterocycles. The molecule has 2 N–H and O–H groups in total. The third kappa shape index (κ3) is 3.58. The number of rotatable bonds is 5. The molecule has 0 bridgehead atoms. The third-order valence-corrected chi connectivity index (χ3v) is 3.32. The third-order valence-electron chi connectivity index (χ3n) is 3.32. The lowest BCUT2D eigenvalue weighted by atomic mass is 10.0. The lowest BCUT2D eigenvalue weighted by Gasteiger charge is -2.15. The van der Waals surface area contributed by atoms with E-state index >= 15 is 0 Å². The summed E-state index contributed by atoms with van der Waals surface area (Å²) in [6.45, 7) is 4.54. The number of nitrogens with one attached hydrogen (secondary N) is 1. The van der Waals surface area contributed by atoms with Crippen molar-refractivity contribution in [2.75, 3.05) is 11.9 Å². The molecule has 0 heterocycles. The van der Waals surface area contributed by atoms with Gasteiger partial charge in [-0.05, 0) is 29.7 Å². The Labute approximate surface area is 119 Å². The van der Waals surface area contributed by atoms with Gasteiger partial charge in [0.25, 0.3) is 0 Å². The number of halogens is 1. The molecule has 0 saturated heterocycles. The minimum atomic E-state index is -0.862. The maximum atomic E-state index is 13.5. The van der Waals surface area contributed by atoms with Gasteiger partial charge in [-0.15, -0.1) is 0 Å². The minimum Gasteiger partial charge on any atom is -0.386 e. The Morgan fingerprint density at radius 2 is 1.85 bits per heavy atom. The van der Waals surface area contributed by atoms with E-state index in [2.05, 4.69) is 31.3 Å². The van der Waals surface area contributed by atoms with E-state index in [0.29, 0.717) is 11.5 Å². The number of aliphatic hydroxyl groups excluding tert-OH is 1. The first-order chi connectivity index (χ1) is 9.58. The van der Waals surface area contributed by atoms with Crippen molar-refractivity contribution in [1.29, 1.82) is 0 Å². The summed E-state index contributed by atoms with van der Waals surface area (Å²) in [5.74, 6) is 0.0750. The predicted molar refractivity (Wildman–Crippen MR) is 80.4 cm³/mol. The highest BCUT2D eigenvalue weighted by Gasteiger charge is 2.11. The number of aliphatic hydroxyl groups is 1. The SMILES string of the molecule is CC(C)c1cccc(NCC(O)c2ccccc2F)c1. The van der Waals surface area contributed by atoms with Gasteiger partial charge < -0.3 is 10.4 Å². The molecule has 0 aliphatic carbocycles. The Kier molecular flexibility index (Phi) is 4.74.